The number of thiazole rings is 1. The predicted molar refractivity (Wildman–Crippen MR) is 119 cm³/mol. The number of carbonyl (C=O) groups excluding carboxylic acids is 1. The first-order valence-electron chi connectivity index (χ1n) is 9.38. The van der Waals surface area contributed by atoms with Crippen molar-refractivity contribution in [2.75, 3.05) is 23.3 Å². The van der Waals surface area contributed by atoms with Crippen molar-refractivity contribution in [2.45, 2.75) is 11.8 Å². The topological polar surface area (TPSA) is 135 Å². The fraction of sp³-hybridized carbons (Fsp3) is 0.150. The van der Waals surface area contributed by atoms with Gasteiger partial charge in [-0.2, -0.15) is 0 Å². The highest BCUT2D eigenvalue weighted by molar-refractivity contribution is 7.93. The molecule has 4 aromatic rings. The number of hydrogen-bond donors (Lipinski definition) is 2. The van der Waals surface area contributed by atoms with Gasteiger partial charge in [0.2, 0.25) is 0 Å². The summed E-state index contributed by atoms with van der Waals surface area (Å²) in [6.45, 7) is 1.82. The van der Waals surface area contributed by atoms with Gasteiger partial charge in [-0.1, -0.05) is 0 Å². The van der Waals surface area contributed by atoms with Crippen LogP contribution in [0.1, 0.15) is 4.88 Å². The summed E-state index contributed by atoms with van der Waals surface area (Å²) in [7, 11) is -2.29. The highest BCUT2D eigenvalue weighted by Crippen LogP contribution is 2.38. The number of H-pyrrole nitrogens is 1. The second-order valence-electron chi connectivity index (χ2n) is 7.13. The Morgan fingerprint density at radius 3 is 2.81 bits per heavy atom. The van der Waals surface area contributed by atoms with Gasteiger partial charge in [0.15, 0.2) is 17.3 Å². The Hall–Kier alpha value is -3.64. The SMILES string of the molecule is Cc1sc(NS(=O)(=O)c2ccc3[nH]c(=O)oc3c2)nc1-c1ccc2c(c1)N(C)C(=O)CO2. The number of hydrogen-bond acceptors (Lipinski definition) is 8. The fourth-order valence-electron chi connectivity index (χ4n) is 3.39. The van der Waals surface area contributed by atoms with Gasteiger partial charge in [-0.05, 0) is 37.3 Å². The number of nitrogens with zero attached hydrogens (tertiary/aromatic N) is 2. The van der Waals surface area contributed by atoms with Crippen LogP contribution in [0.4, 0.5) is 10.8 Å². The van der Waals surface area contributed by atoms with Crippen LogP contribution >= 0.6 is 11.3 Å². The molecule has 2 aromatic heterocycles. The molecule has 2 aromatic carbocycles. The molecular weight excluding hydrogens is 456 g/mol. The van der Waals surface area contributed by atoms with Gasteiger partial charge >= 0.3 is 5.76 Å². The molecule has 0 saturated heterocycles. The minimum atomic E-state index is -3.96. The molecule has 0 aliphatic carbocycles. The normalized spacial score (nSPS) is 13.8. The third kappa shape index (κ3) is 3.42. The Morgan fingerprint density at radius 2 is 2.00 bits per heavy atom. The lowest BCUT2D eigenvalue weighted by molar-refractivity contribution is -0.120. The number of sulfonamides is 1. The van der Waals surface area contributed by atoms with Crippen LogP contribution in [0.2, 0.25) is 0 Å². The van der Waals surface area contributed by atoms with E-state index < -0.39 is 15.8 Å². The third-order valence-corrected chi connectivity index (χ3v) is 7.39. The fourth-order valence-corrected chi connectivity index (χ4v) is 5.48. The van der Waals surface area contributed by atoms with Crippen molar-refractivity contribution in [3.63, 3.8) is 0 Å². The van der Waals surface area contributed by atoms with Gasteiger partial charge in [0.1, 0.15) is 5.75 Å². The van der Waals surface area contributed by atoms with E-state index in [-0.39, 0.29) is 28.1 Å². The van der Waals surface area contributed by atoms with E-state index in [0.29, 0.717) is 22.6 Å². The lowest BCUT2D eigenvalue weighted by Gasteiger charge is -2.26. The first-order valence-corrected chi connectivity index (χ1v) is 11.7. The van der Waals surface area contributed by atoms with Crippen molar-refractivity contribution in [2.24, 2.45) is 0 Å². The lowest BCUT2D eigenvalue weighted by Crippen LogP contribution is -2.35. The van der Waals surface area contributed by atoms with Crippen molar-refractivity contribution in [1.82, 2.24) is 9.97 Å². The number of aromatic amines is 1. The number of ether oxygens (including phenoxy) is 1. The summed E-state index contributed by atoms with van der Waals surface area (Å²) in [6.07, 6.45) is 0. The van der Waals surface area contributed by atoms with Gasteiger partial charge in [0.25, 0.3) is 15.9 Å². The Bertz CT molecular complexity index is 1550. The number of aryl methyl sites for hydroxylation is 1. The molecule has 0 bridgehead atoms. The summed E-state index contributed by atoms with van der Waals surface area (Å²) in [4.78, 5) is 32.4. The standard InChI is InChI=1S/C20H16N4O6S2/c1-10-18(11-3-6-15-14(7-11)24(2)17(25)9-29-15)22-19(31-10)23-32(27,28)12-4-5-13-16(8-12)30-20(26)21-13/h3-8H,9H2,1-2H3,(H,21,26)(H,22,23). The van der Waals surface area contributed by atoms with Crippen LogP contribution in [-0.2, 0) is 14.8 Å². The van der Waals surface area contributed by atoms with Crippen LogP contribution in [-0.4, -0.2) is 37.9 Å². The molecule has 32 heavy (non-hydrogen) atoms. The predicted octanol–water partition coefficient (Wildman–Crippen LogP) is 2.71. The Kier molecular flexibility index (Phi) is 4.57. The number of rotatable bonds is 4. The van der Waals surface area contributed by atoms with E-state index in [4.69, 9.17) is 9.15 Å². The summed E-state index contributed by atoms with van der Waals surface area (Å²) in [6, 6.07) is 9.46. The van der Waals surface area contributed by atoms with Crippen LogP contribution in [0.15, 0.2) is 50.5 Å². The van der Waals surface area contributed by atoms with Gasteiger partial charge in [-0.3, -0.25) is 14.5 Å². The zero-order valence-electron chi connectivity index (χ0n) is 16.8. The second-order valence-corrected chi connectivity index (χ2v) is 10.0. The van der Waals surface area contributed by atoms with Gasteiger partial charge in [0.05, 0.1) is 21.8 Å². The minimum absolute atomic E-state index is 0.0114. The molecule has 2 N–H and O–H groups in total. The summed E-state index contributed by atoms with van der Waals surface area (Å²) < 4.78 is 38.6. The summed E-state index contributed by atoms with van der Waals surface area (Å²) >= 11 is 1.18. The molecule has 1 aliphatic rings. The van der Waals surface area contributed by atoms with E-state index in [0.717, 1.165) is 10.4 Å². The monoisotopic (exact) mass is 472 g/mol. The molecule has 164 valence electrons. The average molecular weight is 473 g/mol. The van der Waals surface area contributed by atoms with Crippen molar-refractivity contribution < 1.29 is 22.4 Å². The first-order chi connectivity index (χ1) is 15.2. The van der Waals surface area contributed by atoms with E-state index in [1.807, 2.05) is 13.0 Å². The first kappa shape index (κ1) is 20.3. The smallest absolute Gasteiger partial charge is 0.417 e. The van der Waals surface area contributed by atoms with E-state index in [1.54, 1.807) is 19.2 Å². The van der Waals surface area contributed by atoms with Crippen molar-refractivity contribution in [1.29, 1.82) is 0 Å². The van der Waals surface area contributed by atoms with E-state index in [1.165, 1.54) is 34.4 Å². The molecule has 1 amide bonds. The number of amides is 1. The maximum Gasteiger partial charge on any atom is 0.417 e. The highest BCUT2D eigenvalue weighted by Gasteiger charge is 2.24. The van der Waals surface area contributed by atoms with Crippen molar-refractivity contribution in [3.05, 3.63) is 51.8 Å². The molecule has 10 nitrogen and oxygen atoms in total. The molecule has 0 saturated carbocycles. The number of nitrogens with one attached hydrogen (secondary N) is 2. The quantitative estimate of drug-likeness (QED) is 0.466. The number of fused-ring (bicyclic) bond motifs is 2. The average Bonchev–Trinajstić information content (AvgIpc) is 3.30. The number of carbonyl (C=O) groups is 1. The number of likely N-dealkylation sites (N-methyl/N-ethyl adjacent to an activating group) is 1. The maximum absolute atomic E-state index is 12.8. The highest BCUT2D eigenvalue weighted by atomic mass is 32.2. The van der Waals surface area contributed by atoms with E-state index in [2.05, 4.69) is 14.7 Å². The minimum Gasteiger partial charge on any atom is -0.482 e. The molecule has 0 radical (unpaired) electrons. The van der Waals surface area contributed by atoms with Crippen LogP contribution < -0.4 is 20.1 Å². The number of anilines is 2. The Morgan fingerprint density at radius 1 is 1.19 bits per heavy atom. The van der Waals surface area contributed by atoms with Crippen molar-refractivity contribution in [3.8, 4) is 17.0 Å². The molecule has 12 heteroatoms. The molecule has 3 heterocycles. The molecule has 5 rings (SSSR count). The molecule has 0 atom stereocenters. The van der Waals surface area contributed by atoms with Crippen LogP contribution in [0, 0.1) is 6.92 Å². The summed E-state index contributed by atoms with van der Waals surface area (Å²) in [5.41, 5.74) is 2.48. The zero-order chi connectivity index (χ0) is 22.6. The summed E-state index contributed by atoms with van der Waals surface area (Å²) in [5.74, 6) is -0.227. The number of benzene rings is 2. The van der Waals surface area contributed by atoms with Crippen LogP contribution in [0.5, 0.6) is 5.75 Å². The molecular formula is C20H16N4O6S2. The van der Waals surface area contributed by atoms with Gasteiger partial charge in [0, 0.05) is 23.6 Å². The summed E-state index contributed by atoms with van der Waals surface area (Å²) in [5, 5.41) is 0.187. The second kappa shape index (κ2) is 7.21. The van der Waals surface area contributed by atoms with Crippen LogP contribution in [0.25, 0.3) is 22.4 Å². The maximum atomic E-state index is 12.8. The molecule has 0 spiro atoms. The molecule has 0 fully saturated rings. The third-order valence-electron chi connectivity index (χ3n) is 5.04. The van der Waals surface area contributed by atoms with Gasteiger partial charge in [-0.15, -0.1) is 11.3 Å². The number of aromatic nitrogens is 2. The number of oxazole rings is 1. The van der Waals surface area contributed by atoms with Crippen LogP contribution in [0.3, 0.4) is 0 Å². The van der Waals surface area contributed by atoms with E-state index >= 15 is 0 Å². The van der Waals surface area contributed by atoms with Gasteiger partial charge in [-0.25, -0.2) is 18.2 Å². The largest absolute Gasteiger partial charge is 0.482 e. The molecule has 0 unspecified atom stereocenters. The van der Waals surface area contributed by atoms with Crippen molar-refractivity contribution >= 4 is 49.2 Å². The zero-order valence-corrected chi connectivity index (χ0v) is 18.5. The lowest BCUT2D eigenvalue weighted by atomic mass is 10.1. The molecule has 1 aliphatic heterocycles. The Balaban J connectivity index is 1.47. The van der Waals surface area contributed by atoms with Gasteiger partial charge < -0.3 is 14.1 Å². The van der Waals surface area contributed by atoms with E-state index in [9.17, 15) is 18.0 Å². The Labute approximate surface area is 185 Å².